The van der Waals surface area contributed by atoms with Gasteiger partial charge in [0.05, 0.1) is 7.11 Å². The van der Waals surface area contributed by atoms with E-state index in [-0.39, 0.29) is 13.0 Å². The first-order chi connectivity index (χ1) is 14.4. The molecule has 3 rings (SSSR count). The van der Waals surface area contributed by atoms with E-state index in [4.69, 9.17) is 4.74 Å². The SMILES string of the molecule is CCCN1C(=O)C(=O)N(CC(=O)N[C@@H](Cc2c[nH]c3ccccc23)C(=O)OC)C1=O. The van der Waals surface area contributed by atoms with Crippen LogP contribution in [0.25, 0.3) is 10.9 Å². The predicted octanol–water partition coefficient (Wildman–Crippen LogP) is 0.569. The molecule has 1 aromatic heterocycles. The number of methoxy groups -OCH3 is 1. The molecule has 158 valence electrons. The molecule has 10 nitrogen and oxygen atoms in total. The second-order valence-corrected chi connectivity index (χ2v) is 6.84. The maximum atomic E-state index is 12.5. The molecule has 0 saturated carbocycles. The van der Waals surface area contributed by atoms with Crippen molar-refractivity contribution in [1.29, 1.82) is 0 Å². The van der Waals surface area contributed by atoms with E-state index < -0.39 is 42.3 Å². The zero-order valence-corrected chi connectivity index (χ0v) is 16.6. The van der Waals surface area contributed by atoms with Crippen LogP contribution in [0.2, 0.25) is 0 Å². The van der Waals surface area contributed by atoms with Crippen LogP contribution in [0.4, 0.5) is 4.79 Å². The number of fused-ring (bicyclic) bond motifs is 1. The number of carbonyl (C=O) groups excluding carboxylic acids is 5. The van der Waals surface area contributed by atoms with Gasteiger partial charge in [0, 0.05) is 30.1 Å². The van der Waals surface area contributed by atoms with Crippen LogP contribution in [0.1, 0.15) is 18.9 Å². The first-order valence-electron chi connectivity index (χ1n) is 9.46. The number of imide groups is 2. The van der Waals surface area contributed by atoms with Gasteiger partial charge in [-0.25, -0.2) is 14.5 Å². The van der Waals surface area contributed by atoms with Crippen LogP contribution >= 0.6 is 0 Å². The Bertz CT molecular complexity index is 1010. The Morgan fingerprint density at radius 3 is 2.53 bits per heavy atom. The fourth-order valence-electron chi connectivity index (χ4n) is 3.35. The lowest BCUT2D eigenvalue weighted by Crippen LogP contribution is -2.48. The Morgan fingerprint density at radius 1 is 1.13 bits per heavy atom. The third-order valence-corrected chi connectivity index (χ3v) is 4.80. The molecule has 1 aliphatic heterocycles. The van der Waals surface area contributed by atoms with E-state index in [1.165, 1.54) is 7.11 Å². The van der Waals surface area contributed by atoms with Crippen molar-refractivity contribution in [2.24, 2.45) is 0 Å². The lowest BCUT2D eigenvalue weighted by atomic mass is 10.0. The van der Waals surface area contributed by atoms with Crippen molar-refractivity contribution in [1.82, 2.24) is 20.1 Å². The highest BCUT2D eigenvalue weighted by Gasteiger charge is 2.44. The zero-order valence-electron chi connectivity index (χ0n) is 16.6. The second-order valence-electron chi connectivity index (χ2n) is 6.84. The Morgan fingerprint density at radius 2 is 1.83 bits per heavy atom. The van der Waals surface area contributed by atoms with Crippen molar-refractivity contribution in [2.45, 2.75) is 25.8 Å². The summed E-state index contributed by atoms with van der Waals surface area (Å²) in [7, 11) is 1.20. The van der Waals surface area contributed by atoms with Gasteiger partial charge in [-0.05, 0) is 18.1 Å². The molecular weight excluding hydrogens is 392 g/mol. The van der Waals surface area contributed by atoms with Gasteiger partial charge in [0.25, 0.3) is 0 Å². The molecule has 1 atom stereocenters. The number of aromatic amines is 1. The van der Waals surface area contributed by atoms with Crippen LogP contribution in [-0.2, 0) is 30.3 Å². The molecule has 30 heavy (non-hydrogen) atoms. The Balaban J connectivity index is 1.72. The number of para-hydroxylation sites is 1. The number of hydrogen-bond donors (Lipinski definition) is 2. The average molecular weight is 414 g/mol. The summed E-state index contributed by atoms with van der Waals surface area (Å²) in [5.74, 6) is -3.44. The molecule has 10 heteroatoms. The number of H-pyrrole nitrogens is 1. The van der Waals surface area contributed by atoms with E-state index in [0.29, 0.717) is 11.3 Å². The van der Waals surface area contributed by atoms with E-state index in [0.717, 1.165) is 21.4 Å². The summed E-state index contributed by atoms with van der Waals surface area (Å²) >= 11 is 0. The number of amides is 5. The molecular formula is C20H22N4O6. The molecule has 1 fully saturated rings. The summed E-state index contributed by atoms with van der Waals surface area (Å²) in [5.41, 5.74) is 1.67. The highest BCUT2D eigenvalue weighted by molar-refractivity contribution is 6.45. The third-order valence-electron chi connectivity index (χ3n) is 4.80. The zero-order chi connectivity index (χ0) is 21.8. The molecule has 5 amide bonds. The van der Waals surface area contributed by atoms with Gasteiger partial charge in [0.15, 0.2) is 0 Å². The van der Waals surface area contributed by atoms with E-state index >= 15 is 0 Å². The second kappa shape index (κ2) is 8.76. The van der Waals surface area contributed by atoms with Gasteiger partial charge in [-0.2, -0.15) is 0 Å². The maximum absolute atomic E-state index is 12.5. The molecule has 2 aromatic rings. The first-order valence-corrected chi connectivity index (χ1v) is 9.46. The van der Waals surface area contributed by atoms with Gasteiger partial charge >= 0.3 is 23.8 Å². The number of carbonyl (C=O) groups is 5. The van der Waals surface area contributed by atoms with E-state index in [1.807, 2.05) is 24.3 Å². The smallest absolute Gasteiger partial charge is 0.334 e. The quantitative estimate of drug-likeness (QED) is 0.369. The topological polar surface area (TPSA) is 129 Å². The Kier molecular flexibility index (Phi) is 6.14. The Labute approximate surface area is 172 Å². The van der Waals surface area contributed by atoms with E-state index in [9.17, 15) is 24.0 Å². The monoisotopic (exact) mass is 414 g/mol. The molecule has 0 bridgehead atoms. The molecule has 0 spiro atoms. The number of ether oxygens (including phenoxy) is 1. The normalized spacial score (nSPS) is 15.1. The summed E-state index contributed by atoms with van der Waals surface area (Å²) in [6.07, 6.45) is 2.37. The minimum absolute atomic E-state index is 0.0902. The van der Waals surface area contributed by atoms with Crippen LogP contribution in [-0.4, -0.2) is 70.7 Å². The summed E-state index contributed by atoms with van der Waals surface area (Å²) < 4.78 is 4.78. The van der Waals surface area contributed by atoms with Crippen molar-refractivity contribution in [3.05, 3.63) is 36.0 Å². The molecule has 1 aromatic carbocycles. The molecule has 2 heterocycles. The first kappa shape index (κ1) is 21.0. The predicted molar refractivity (Wildman–Crippen MR) is 105 cm³/mol. The fourth-order valence-corrected chi connectivity index (χ4v) is 3.35. The molecule has 1 saturated heterocycles. The van der Waals surface area contributed by atoms with Gasteiger partial charge < -0.3 is 15.0 Å². The number of hydrogen-bond acceptors (Lipinski definition) is 6. The van der Waals surface area contributed by atoms with Gasteiger partial charge in [0.2, 0.25) is 5.91 Å². The largest absolute Gasteiger partial charge is 0.467 e. The fraction of sp³-hybridized carbons (Fsp3) is 0.350. The number of nitrogens with zero attached hydrogens (tertiary/aromatic N) is 2. The highest BCUT2D eigenvalue weighted by atomic mass is 16.5. The van der Waals surface area contributed by atoms with Crippen molar-refractivity contribution >= 4 is 40.6 Å². The van der Waals surface area contributed by atoms with Crippen molar-refractivity contribution in [2.75, 3.05) is 20.2 Å². The molecule has 1 aliphatic rings. The van der Waals surface area contributed by atoms with Gasteiger partial charge in [-0.3, -0.25) is 19.3 Å². The summed E-state index contributed by atoms with van der Waals surface area (Å²) in [6, 6.07) is 5.62. The van der Waals surface area contributed by atoms with Gasteiger partial charge in [0.1, 0.15) is 12.6 Å². The average Bonchev–Trinajstić information content (AvgIpc) is 3.23. The third kappa shape index (κ3) is 4.02. The standard InChI is InChI=1S/C20H22N4O6/c1-3-8-23-17(26)18(27)24(20(23)29)11-16(25)22-15(19(28)30-2)9-12-10-21-14-7-5-4-6-13(12)14/h4-7,10,15,21H,3,8-9,11H2,1-2H3,(H,22,25)/t15-/m0/s1. The maximum Gasteiger partial charge on any atom is 0.334 e. The van der Waals surface area contributed by atoms with Gasteiger partial charge in [-0.1, -0.05) is 25.1 Å². The molecule has 0 unspecified atom stereocenters. The molecule has 0 radical (unpaired) electrons. The summed E-state index contributed by atoms with van der Waals surface area (Å²) in [4.78, 5) is 65.4. The Hall–Kier alpha value is -3.69. The summed E-state index contributed by atoms with van der Waals surface area (Å²) in [5, 5.41) is 3.39. The number of aromatic nitrogens is 1. The van der Waals surface area contributed by atoms with Crippen LogP contribution in [0.3, 0.4) is 0 Å². The van der Waals surface area contributed by atoms with Crippen molar-refractivity contribution in [3.63, 3.8) is 0 Å². The van der Waals surface area contributed by atoms with Crippen molar-refractivity contribution < 1.29 is 28.7 Å². The number of nitrogens with one attached hydrogen (secondary N) is 2. The number of urea groups is 1. The van der Waals surface area contributed by atoms with Crippen LogP contribution in [0.15, 0.2) is 30.5 Å². The number of esters is 1. The summed E-state index contributed by atoms with van der Waals surface area (Å²) in [6.45, 7) is 1.18. The van der Waals surface area contributed by atoms with Crippen LogP contribution < -0.4 is 5.32 Å². The number of benzene rings is 1. The van der Waals surface area contributed by atoms with Gasteiger partial charge in [-0.15, -0.1) is 0 Å². The van der Waals surface area contributed by atoms with Crippen molar-refractivity contribution in [3.8, 4) is 0 Å². The van der Waals surface area contributed by atoms with E-state index in [1.54, 1.807) is 13.1 Å². The minimum atomic E-state index is -1.06. The van der Waals surface area contributed by atoms with Crippen LogP contribution in [0, 0.1) is 0 Å². The van der Waals surface area contributed by atoms with E-state index in [2.05, 4.69) is 10.3 Å². The highest BCUT2D eigenvalue weighted by Crippen LogP contribution is 2.19. The van der Waals surface area contributed by atoms with Crippen LogP contribution in [0.5, 0.6) is 0 Å². The molecule has 0 aliphatic carbocycles. The molecule has 2 N–H and O–H groups in total. The minimum Gasteiger partial charge on any atom is -0.467 e. The lowest BCUT2D eigenvalue weighted by molar-refractivity contribution is -0.146. The lowest BCUT2D eigenvalue weighted by Gasteiger charge is -2.19. The number of rotatable bonds is 8.